The molecule has 3 nitrogen and oxygen atoms in total. The van der Waals surface area contributed by atoms with Crippen LogP contribution in [-0.4, -0.2) is 20.3 Å². The van der Waals surface area contributed by atoms with Gasteiger partial charge in [-0.05, 0) is 36.8 Å². The summed E-state index contributed by atoms with van der Waals surface area (Å²) < 4.78 is 10.9. The Morgan fingerprint density at radius 1 is 1.00 bits per heavy atom. The van der Waals surface area contributed by atoms with Crippen LogP contribution in [0.3, 0.4) is 0 Å². The Kier molecular flexibility index (Phi) is 5.44. The maximum Gasteiger partial charge on any atom is 0.119 e. The van der Waals surface area contributed by atoms with Crippen molar-refractivity contribution in [2.45, 2.75) is 13.0 Å². The van der Waals surface area contributed by atoms with E-state index in [9.17, 15) is 0 Å². The van der Waals surface area contributed by atoms with Gasteiger partial charge in [0.05, 0.1) is 7.11 Å². The Balaban J connectivity index is 1.76. The highest BCUT2D eigenvalue weighted by Gasteiger charge is 2.05. The summed E-state index contributed by atoms with van der Waals surface area (Å²) in [6.45, 7) is 3.59. The molecule has 0 spiro atoms. The van der Waals surface area contributed by atoms with Gasteiger partial charge >= 0.3 is 0 Å². The van der Waals surface area contributed by atoms with E-state index in [0.29, 0.717) is 6.61 Å². The highest BCUT2D eigenvalue weighted by molar-refractivity contribution is 5.30. The lowest BCUT2D eigenvalue weighted by Gasteiger charge is -2.15. The predicted molar refractivity (Wildman–Crippen MR) is 81.3 cm³/mol. The molecule has 0 heterocycles. The van der Waals surface area contributed by atoms with Crippen molar-refractivity contribution in [3.63, 3.8) is 0 Å². The van der Waals surface area contributed by atoms with Crippen molar-refractivity contribution in [3.8, 4) is 11.5 Å². The van der Waals surface area contributed by atoms with Gasteiger partial charge in [-0.25, -0.2) is 0 Å². The number of hydrogen-bond donors (Lipinski definition) is 1. The second-order valence-corrected chi connectivity index (χ2v) is 4.61. The highest BCUT2D eigenvalue weighted by atomic mass is 16.5. The average molecular weight is 271 g/mol. The van der Waals surface area contributed by atoms with Crippen LogP contribution in [0.2, 0.25) is 0 Å². The van der Waals surface area contributed by atoms with E-state index in [4.69, 9.17) is 9.47 Å². The van der Waals surface area contributed by atoms with Crippen LogP contribution in [0.15, 0.2) is 54.6 Å². The molecule has 0 saturated carbocycles. The Morgan fingerprint density at radius 3 is 2.50 bits per heavy atom. The molecule has 0 aliphatic heterocycles. The zero-order chi connectivity index (χ0) is 14.2. The molecule has 0 aliphatic carbocycles. The van der Waals surface area contributed by atoms with Crippen LogP contribution >= 0.6 is 0 Å². The van der Waals surface area contributed by atoms with Gasteiger partial charge in [-0.1, -0.05) is 30.3 Å². The zero-order valence-corrected chi connectivity index (χ0v) is 12.0. The van der Waals surface area contributed by atoms with E-state index in [1.165, 1.54) is 5.56 Å². The predicted octanol–water partition coefficient (Wildman–Crippen LogP) is 3.42. The Morgan fingerprint density at radius 2 is 1.75 bits per heavy atom. The van der Waals surface area contributed by atoms with Crippen molar-refractivity contribution in [1.29, 1.82) is 0 Å². The number of ether oxygens (including phenoxy) is 2. The van der Waals surface area contributed by atoms with Gasteiger partial charge in [-0.15, -0.1) is 0 Å². The smallest absolute Gasteiger partial charge is 0.119 e. The summed E-state index contributed by atoms with van der Waals surface area (Å²) in [6, 6.07) is 18.2. The first kappa shape index (κ1) is 14.4. The first-order valence-electron chi connectivity index (χ1n) is 6.85. The summed E-state index contributed by atoms with van der Waals surface area (Å²) in [5.41, 5.74) is 1.21. The zero-order valence-electron chi connectivity index (χ0n) is 12.0. The highest BCUT2D eigenvalue weighted by Crippen LogP contribution is 2.18. The van der Waals surface area contributed by atoms with Crippen molar-refractivity contribution in [2.24, 2.45) is 0 Å². The molecule has 1 atom stereocenters. The van der Waals surface area contributed by atoms with E-state index in [0.717, 1.165) is 18.0 Å². The SMILES string of the molecule is COc1cccc(C(C)NCCOc2ccccc2)c1. The molecule has 0 aromatic heterocycles. The lowest BCUT2D eigenvalue weighted by molar-refractivity contribution is 0.307. The van der Waals surface area contributed by atoms with Crippen LogP contribution in [0.25, 0.3) is 0 Å². The molecule has 0 aliphatic rings. The van der Waals surface area contributed by atoms with Crippen LogP contribution in [-0.2, 0) is 0 Å². The topological polar surface area (TPSA) is 30.5 Å². The first-order valence-corrected chi connectivity index (χ1v) is 6.85. The van der Waals surface area contributed by atoms with Gasteiger partial charge < -0.3 is 14.8 Å². The van der Waals surface area contributed by atoms with Gasteiger partial charge in [0, 0.05) is 12.6 Å². The second-order valence-electron chi connectivity index (χ2n) is 4.61. The summed E-state index contributed by atoms with van der Waals surface area (Å²) in [5.74, 6) is 1.79. The molecule has 1 N–H and O–H groups in total. The van der Waals surface area contributed by atoms with Crippen molar-refractivity contribution in [3.05, 3.63) is 60.2 Å². The minimum atomic E-state index is 0.268. The minimum Gasteiger partial charge on any atom is -0.497 e. The van der Waals surface area contributed by atoms with Gasteiger partial charge in [0.25, 0.3) is 0 Å². The third-order valence-electron chi connectivity index (χ3n) is 3.16. The summed E-state index contributed by atoms with van der Waals surface area (Å²) >= 11 is 0. The van der Waals surface area contributed by atoms with Gasteiger partial charge in [-0.2, -0.15) is 0 Å². The van der Waals surface area contributed by atoms with Crippen LogP contribution < -0.4 is 14.8 Å². The lowest BCUT2D eigenvalue weighted by atomic mass is 10.1. The maximum atomic E-state index is 5.65. The fourth-order valence-corrected chi connectivity index (χ4v) is 1.99. The first-order chi connectivity index (χ1) is 9.79. The van der Waals surface area contributed by atoms with Crippen molar-refractivity contribution in [2.75, 3.05) is 20.3 Å². The average Bonchev–Trinajstić information content (AvgIpc) is 2.52. The molecule has 20 heavy (non-hydrogen) atoms. The normalized spacial score (nSPS) is 11.9. The monoisotopic (exact) mass is 271 g/mol. The van der Waals surface area contributed by atoms with E-state index in [1.807, 2.05) is 42.5 Å². The van der Waals surface area contributed by atoms with E-state index in [1.54, 1.807) is 7.11 Å². The Hall–Kier alpha value is -2.00. The Bertz CT molecular complexity index is 513. The maximum absolute atomic E-state index is 5.65. The standard InChI is InChI=1S/C17H21NO2/c1-14(15-7-6-10-17(13-15)19-2)18-11-12-20-16-8-4-3-5-9-16/h3-10,13-14,18H,11-12H2,1-2H3. The fraction of sp³-hybridized carbons (Fsp3) is 0.294. The van der Waals surface area contributed by atoms with E-state index >= 15 is 0 Å². The largest absolute Gasteiger partial charge is 0.497 e. The number of hydrogen-bond acceptors (Lipinski definition) is 3. The lowest BCUT2D eigenvalue weighted by Crippen LogP contribution is -2.24. The number of para-hydroxylation sites is 1. The van der Waals surface area contributed by atoms with Crippen LogP contribution in [0.4, 0.5) is 0 Å². The van der Waals surface area contributed by atoms with Gasteiger partial charge in [0.15, 0.2) is 0 Å². The van der Waals surface area contributed by atoms with Gasteiger partial charge in [0.2, 0.25) is 0 Å². The number of rotatable bonds is 7. The molecule has 0 radical (unpaired) electrons. The molecule has 106 valence electrons. The molecule has 0 fully saturated rings. The molecule has 2 aromatic carbocycles. The van der Waals surface area contributed by atoms with Gasteiger partial charge in [-0.3, -0.25) is 0 Å². The third-order valence-corrected chi connectivity index (χ3v) is 3.16. The summed E-state index contributed by atoms with van der Waals surface area (Å²) in [5, 5.41) is 3.44. The molecule has 0 amide bonds. The van der Waals surface area contributed by atoms with Crippen molar-refractivity contribution < 1.29 is 9.47 Å². The van der Waals surface area contributed by atoms with E-state index in [-0.39, 0.29) is 6.04 Å². The molecule has 3 heteroatoms. The van der Waals surface area contributed by atoms with Crippen LogP contribution in [0.1, 0.15) is 18.5 Å². The summed E-state index contributed by atoms with van der Waals surface area (Å²) in [7, 11) is 1.69. The fourth-order valence-electron chi connectivity index (χ4n) is 1.99. The molecule has 0 bridgehead atoms. The number of benzene rings is 2. The molecular weight excluding hydrogens is 250 g/mol. The minimum absolute atomic E-state index is 0.268. The molecule has 2 aromatic rings. The Labute approximate surface area is 120 Å². The molecule has 0 saturated heterocycles. The van der Waals surface area contributed by atoms with E-state index < -0.39 is 0 Å². The van der Waals surface area contributed by atoms with Gasteiger partial charge in [0.1, 0.15) is 18.1 Å². The summed E-state index contributed by atoms with van der Waals surface area (Å²) in [4.78, 5) is 0. The van der Waals surface area contributed by atoms with Crippen LogP contribution in [0, 0.1) is 0 Å². The van der Waals surface area contributed by atoms with Crippen molar-refractivity contribution in [1.82, 2.24) is 5.32 Å². The third kappa shape index (κ3) is 4.28. The van der Waals surface area contributed by atoms with Crippen molar-refractivity contribution >= 4 is 0 Å². The number of nitrogens with one attached hydrogen (secondary N) is 1. The van der Waals surface area contributed by atoms with E-state index in [2.05, 4.69) is 24.4 Å². The second kappa shape index (κ2) is 7.56. The molecular formula is C17H21NO2. The quantitative estimate of drug-likeness (QED) is 0.783. The summed E-state index contributed by atoms with van der Waals surface area (Å²) in [6.07, 6.45) is 0. The van der Waals surface area contributed by atoms with Crippen LogP contribution in [0.5, 0.6) is 11.5 Å². The molecule has 2 rings (SSSR count). The molecule has 1 unspecified atom stereocenters. The number of methoxy groups -OCH3 is 1.